The average Bonchev–Trinajstić information content (AvgIpc) is 3.70. The Balaban J connectivity index is 1.12. The van der Waals surface area contributed by atoms with Crippen LogP contribution in [0.1, 0.15) is 94.1 Å². The molecule has 0 bridgehead atoms. The average molecular weight is 558 g/mol. The van der Waals surface area contributed by atoms with Gasteiger partial charge in [0.15, 0.2) is 0 Å². The van der Waals surface area contributed by atoms with Gasteiger partial charge in [-0.25, -0.2) is 0 Å². The Morgan fingerprint density at radius 1 is 0.881 bits per heavy atom. The molecular weight excluding hydrogens is 514 g/mol. The van der Waals surface area contributed by atoms with Gasteiger partial charge in [-0.1, -0.05) is 54.1 Å². The number of hydrogen-bond donors (Lipinski definition) is 1. The van der Waals surface area contributed by atoms with Crippen LogP contribution >= 0.6 is 0 Å². The van der Waals surface area contributed by atoms with Gasteiger partial charge in [-0.2, -0.15) is 5.26 Å². The molecule has 10 atom stereocenters. The van der Waals surface area contributed by atoms with Gasteiger partial charge in [0.2, 0.25) is 0 Å². The Kier molecular flexibility index (Phi) is 6.15. The largest absolute Gasteiger partial charge is 0.489 e. The van der Waals surface area contributed by atoms with Gasteiger partial charge < -0.3 is 4.74 Å². The van der Waals surface area contributed by atoms with Gasteiger partial charge in [0.25, 0.3) is 0 Å². The molecule has 0 radical (unpaired) electrons. The maximum atomic E-state index is 10.8. The highest BCUT2D eigenvalue weighted by Gasteiger charge is 2.63. The number of nitrogens with zero attached hydrogens (tertiary/aromatic N) is 2. The third kappa shape index (κ3) is 3.85. The van der Waals surface area contributed by atoms with Crippen LogP contribution in [0.5, 0.6) is 0 Å². The first-order valence-electron chi connectivity index (χ1n) is 17.1. The quantitative estimate of drug-likeness (QED) is 0.383. The van der Waals surface area contributed by atoms with Crippen LogP contribution in [0, 0.1) is 46.8 Å². The van der Waals surface area contributed by atoms with Gasteiger partial charge >= 0.3 is 0 Å². The number of aliphatic imine (C=N–C) groups is 1. The number of benzene rings is 1. The van der Waals surface area contributed by atoms with E-state index in [0.29, 0.717) is 35.5 Å². The first-order chi connectivity index (χ1) is 20.8. The van der Waals surface area contributed by atoms with Crippen LogP contribution in [0.15, 0.2) is 70.5 Å². The number of nitriles is 1. The topological polar surface area (TPSA) is 57.4 Å². The molecular formula is C38H43N3O. The predicted octanol–water partition coefficient (Wildman–Crippen LogP) is 8.01. The minimum atomic E-state index is -0.148. The SMILES string of the molecule is N#CC1C([C@H]2C3C4=C(c5ccccc5C32)C2OC3=C(CCCC3)C2CC4)=NC(C2C=CCCC2)NC1C1CC=CCC1. The Labute approximate surface area is 250 Å². The zero-order valence-electron chi connectivity index (χ0n) is 24.7. The Morgan fingerprint density at radius 3 is 2.67 bits per heavy atom. The molecule has 0 spiro atoms. The highest BCUT2D eigenvalue weighted by Crippen LogP contribution is 2.68. The number of fused-ring (bicyclic) bond motifs is 8. The van der Waals surface area contributed by atoms with E-state index in [1.54, 1.807) is 11.1 Å². The van der Waals surface area contributed by atoms with E-state index in [-0.39, 0.29) is 24.2 Å². The Morgan fingerprint density at radius 2 is 1.81 bits per heavy atom. The van der Waals surface area contributed by atoms with Gasteiger partial charge in [0.1, 0.15) is 18.2 Å². The van der Waals surface area contributed by atoms with E-state index in [9.17, 15) is 5.26 Å². The molecule has 2 aliphatic heterocycles. The lowest BCUT2D eigenvalue weighted by Gasteiger charge is -2.41. The molecule has 42 heavy (non-hydrogen) atoms. The summed E-state index contributed by atoms with van der Waals surface area (Å²) < 4.78 is 6.89. The van der Waals surface area contributed by atoms with Crippen molar-refractivity contribution in [2.75, 3.05) is 0 Å². The first kappa shape index (κ1) is 25.6. The summed E-state index contributed by atoms with van der Waals surface area (Å²) in [5, 5.41) is 14.8. The van der Waals surface area contributed by atoms with Crippen LogP contribution in [0.2, 0.25) is 0 Å². The van der Waals surface area contributed by atoms with Gasteiger partial charge in [-0.05, 0) is 105 Å². The van der Waals surface area contributed by atoms with Crippen molar-refractivity contribution in [2.24, 2.45) is 40.5 Å². The van der Waals surface area contributed by atoms with E-state index in [1.165, 1.54) is 86.0 Å². The lowest BCUT2D eigenvalue weighted by Crippen LogP contribution is -2.55. The minimum absolute atomic E-state index is 0.0910. The van der Waals surface area contributed by atoms with Crippen molar-refractivity contribution in [3.8, 4) is 6.07 Å². The maximum Gasteiger partial charge on any atom is 0.130 e. The number of allylic oxidation sites excluding steroid dienone is 5. The summed E-state index contributed by atoms with van der Waals surface area (Å²) >= 11 is 0. The zero-order valence-corrected chi connectivity index (χ0v) is 24.7. The van der Waals surface area contributed by atoms with E-state index in [1.807, 2.05) is 0 Å². The van der Waals surface area contributed by atoms with Crippen LogP contribution in [0.3, 0.4) is 0 Å². The Hall–Kier alpha value is -2.90. The molecule has 6 aliphatic carbocycles. The third-order valence-electron chi connectivity index (χ3n) is 12.3. The van der Waals surface area contributed by atoms with Gasteiger partial charge in [-0.3, -0.25) is 10.3 Å². The lowest BCUT2D eigenvalue weighted by molar-refractivity contribution is 0.145. The normalized spacial score (nSPS) is 41.5. The van der Waals surface area contributed by atoms with Crippen LogP contribution < -0.4 is 5.32 Å². The highest BCUT2D eigenvalue weighted by molar-refractivity contribution is 5.98. The summed E-state index contributed by atoms with van der Waals surface area (Å²) in [5.74, 6) is 3.97. The molecule has 4 nitrogen and oxygen atoms in total. The van der Waals surface area contributed by atoms with E-state index in [4.69, 9.17) is 9.73 Å². The van der Waals surface area contributed by atoms with E-state index >= 15 is 0 Å². The summed E-state index contributed by atoms with van der Waals surface area (Å²) in [5.41, 5.74) is 8.96. The van der Waals surface area contributed by atoms with Crippen LogP contribution in [-0.4, -0.2) is 24.0 Å². The summed E-state index contributed by atoms with van der Waals surface area (Å²) in [4.78, 5) is 5.58. The number of ether oxygens (including phenoxy) is 1. The molecule has 0 amide bonds. The molecule has 216 valence electrons. The molecule has 9 unspecified atom stereocenters. The van der Waals surface area contributed by atoms with Crippen molar-refractivity contribution in [3.05, 3.63) is 76.6 Å². The smallest absolute Gasteiger partial charge is 0.130 e. The second-order valence-electron chi connectivity index (χ2n) is 14.3. The molecule has 9 rings (SSSR count). The number of nitrogens with one attached hydrogen (secondary N) is 1. The third-order valence-corrected chi connectivity index (χ3v) is 12.3. The fourth-order valence-electron chi connectivity index (χ4n) is 10.3. The minimum Gasteiger partial charge on any atom is -0.489 e. The molecule has 1 aromatic rings. The predicted molar refractivity (Wildman–Crippen MR) is 166 cm³/mol. The fraction of sp³-hybridized carbons (Fsp3) is 0.579. The van der Waals surface area contributed by atoms with E-state index < -0.39 is 0 Å². The molecule has 0 saturated heterocycles. The van der Waals surface area contributed by atoms with E-state index in [0.717, 1.165) is 19.3 Å². The Bertz CT molecular complexity index is 1490. The molecule has 2 heterocycles. The van der Waals surface area contributed by atoms with Crippen molar-refractivity contribution in [1.29, 1.82) is 5.26 Å². The monoisotopic (exact) mass is 557 g/mol. The maximum absolute atomic E-state index is 10.8. The summed E-state index contributed by atoms with van der Waals surface area (Å²) in [7, 11) is 0. The van der Waals surface area contributed by atoms with Crippen LogP contribution in [0.4, 0.5) is 0 Å². The molecule has 1 fully saturated rings. The molecule has 4 heteroatoms. The van der Waals surface area contributed by atoms with Gasteiger partial charge in [-0.15, -0.1) is 0 Å². The molecule has 1 N–H and O–H groups in total. The summed E-state index contributed by atoms with van der Waals surface area (Å²) in [6, 6.07) is 12.2. The fourth-order valence-corrected chi connectivity index (χ4v) is 10.3. The molecule has 8 aliphatic rings. The van der Waals surface area contributed by atoms with Crippen molar-refractivity contribution in [1.82, 2.24) is 5.32 Å². The van der Waals surface area contributed by atoms with Gasteiger partial charge in [0.05, 0.1) is 11.8 Å². The van der Waals surface area contributed by atoms with Crippen LogP contribution in [0.25, 0.3) is 5.57 Å². The molecule has 0 aromatic heterocycles. The van der Waals surface area contributed by atoms with Crippen molar-refractivity contribution in [3.63, 3.8) is 0 Å². The molecule has 1 aromatic carbocycles. The number of hydrogen-bond acceptors (Lipinski definition) is 4. The van der Waals surface area contributed by atoms with Crippen molar-refractivity contribution < 1.29 is 4.74 Å². The van der Waals surface area contributed by atoms with Crippen LogP contribution in [-0.2, 0) is 4.74 Å². The summed E-state index contributed by atoms with van der Waals surface area (Å²) in [6.45, 7) is 0. The number of rotatable bonds is 3. The standard InChI is InChI=1S/C38H43N3O/c39-21-29-35(22-11-3-1-4-12-22)40-38(23-13-5-2-6-14-23)41-36(29)34-32-26-17-8-7-16-25(26)31-28(33(32)34)20-19-27-24-15-9-10-18-30(24)42-37(27)31/h1,3,5,7-8,13,16-17,22-23,27,29,32-35,37-38,40H,2,4,6,9-12,14-15,18-20H2/t22?,23?,27?,29?,32?,33?,34-,35?,37?,38?/m1/s1. The van der Waals surface area contributed by atoms with Crippen molar-refractivity contribution in [2.45, 2.75) is 101 Å². The van der Waals surface area contributed by atoms with Gasteiger partial charge in [0, 0.05) is 41.8 Å². The molecule has 1 saturated carbocycles. The summed E-state index contributed by atoms with van der Waals surface area (Å²) in [6.07, 6.45) is 24.1. The second-order valence-corrected chi connectivity index (χ2v) is 14.3. The first-order valence-corrected chi connectivity index (χ1v) is 17.1. The zero-order chi connectivity index (χ0) is 27.8. The highest BCUT2D eigenvalue weighted by atomic mass is 16.5. The van der Waals surface area contributed by atoms with E-state index in [2.05, 4.69) is 60.0 Å². The van der Waals surface area contributed by atoms with Crippen molar-refractivity contribution >= 4 is 11.3 Å². The second kappa shape index (κ2) is 10.1. The lowest BCUT2D eigenvalue weighted by atomic mass is 9.70.